The largest absolute Gasteiger partial charge is 0.368 e. The van der Waals surface area contributed by atoms with Crippen LogP contribution in [0.15, 0.2) is 54.9 Å². The summed E-state index contributed by atoms with van der Waals surface area (Å²) in [6.45, 7) is 1.61. The molecule has 148 valence electrons. The Kier molecular flexibility index (Phi) is 7.34. The molecule has 0 radical (unpaired) electrons. The molecule has 0 saturated heterocycles. The number of hydrogen-bond donors (Lipinski definition) is 3. The molecule has 0 unspecified atom stereocenters. The summed E-state index contributed by atoms with van der Waals surface area (Å²) >= 11 is 6.38. The van der Waals surface area contributed by atoms with Gasteiger partial charge in [-0.15, -0.1) is 0 Å². The lowest BCUT2D eigenvalue weighted by atomic mass is 10.1. The van der Waals surface area contributed by atoms with E-state index in [0.29, 0.717) is 36.2 Å². The van der Waals surface area contributed by atoms with Crippen molar-refractivity contribution >= 4 is 23.1 Å². The average Bonchev–Trinajstić information content (AvgIpc) is 2.74. The molecule has 0 saturated carbocycles. The molecular formula is C21H20ClFN6. The average molecular weight is 411 g/mol. The topological polar surface area (TPSA) is 85.7 Å². The maximum Gasteiger partial charge on any atom is 0.158 e. The van der Waals surface area contributed by atoms with Crippen molar-refractivity contribution in [3.8, 4) is 6.07 Å². The van der Waals surface area contributed by atoms with E-state index in [9.17, 15) is 4.39 Å². The van der Waals surface area contributed by atoms with Crippen LogP contribution < -0.4 is 16.0 Å². The molecule has 3 rings (SSSR count). The number of halogens is 2. The van der Waals surface area contributed by atoms with Crippen LogP contribution in [-0.2, 0) is 13.0 Å². The lowest BCUT2D eigenvalue weighted by Crippen LogP contribution is -2.17. The fourth-order valence-corrected chi connectivity index (χ4v) is 2.94. The molecule has 8 heteroatoms. The standard InChI is InChI=1S/C21H20ClFN6/c22-19-9-17(28-14-29-21-13-26-18(10-24)12-27-21)6-5-15(19)7-8-25-11-16-3-1-2-4-20(16)23/h1-6,9,12-13,25,28H,7-8,11,14H2,(H,27,29). The van der Waals surface area contributed by atoms with Crippen molar-refractivity contribution in [2.75, 3.05) is 23.8 Å². The van der Waals surface area contributed by atoms with Gasteiger partial charge in [0.2, 0.25) is 0 Å². The number of anilines is 2. The van der Waals surface area contributed by atoms with Gasteiger partial charge < -0.3 is 16.0 Å². The van der Waals surface area contributed by atoms with Crippen LogP contribution in [0.1, 0.15) is 16.8 Å². The Morgan fingerprint density at radius 3 is 2.62 bits per heavy atom. The van der Waals surface area contributed by atoms with Gasteiger partial charge in [0.1, 0.15) is 17.7 Å². The Bertz CT molecular complexity index is 987. The van der Waals surface area contributed by atoms with Crippen LogP contribution in [0.25, 0.3) is 0 Å². The zero-order chi connectivity index (χ0) is 20.5. The first-order chi connectivity index (χ1) is 14.2. The van der Waals surface area contributed by atoms with Crippen LogP contribution in [0, 0.1) is 17.1 Å². The molecule has 3 N–H and O–H groups in total. The van der Waals surface area contributed by atoms with Crippen molar-refractivity contribution in [3.05, 3.63) is 82.5 Å². The Hall–Kier alpha value is -3.21. The molecule has 0 spiro atoms. The van der Waals surface area contributed by atoms with Gasteiger partial charge in [0.15, 0.2) is 5.69 Å². The molecule has 6 nitrogen and oxygen atoms in total. The Morgan fingerprint density at radius 1 is 1.03 bits per heavy atom. The molecule has 0 amide bonds. The van der Waals surface area contributed by atoms with Gasteiger partial charge in [-0.2, -0.15) is 5.26 Å². The number of aromatic nitrogens is 2. The summed E-state index contributed by atoms with van der Waals surface area (Å²) in [6, 6.07) is 14.4. The number of hydrogen-bond acceptors (Lipinski definition) is 6. The molecule has 0 atom stereocenters. The molecular weight excluding hydrogens is 391 g/mol. The highest BCUT2D eigenvalue weighted by Gasteiger charge is 2.04. The van der Waals surface area contributed by atoms with Gasteiger partial charge in [-0.25, -0.2) is 14.4 Å². The molecule has 0 aliphatic heterocycles. The van der Waals surface area contributed by atoms with E-state index in [2.05, 4.69) is 25.9 Å². The molecule has 2 aromatic carbocycles. The summed E-state index contributed by atoms with van der Waals surface area (Å²) in [5.74, 6) is 0.370. The predicted molar refractivity (Wildman–Crippen MR) is 112 cm³/mol. The second-order valence-corrected chi connectivity index (χ2v) is 6.66. The van der Waals surface area contributed by atoms with E-state index in [0.717, 1.165) is 17.7 Å². The third-order valence-corrected chi connectivity index (χ3v) is 4.58. The number of nitrogens with one attached hydrogen (secondary N) is 3. The second-order valence-electron chi connectivity index (χ2n) is 6.25. The minimum absolute atomic E-state index is 0.200. The molecule has 1 aromatic heterocycles. The van der Waals surface area contributed by atoms with Gasteiger partial charge in [0, 0.05) is 22.8 Å². The first-order valence-corrected chi connectivity index (χ1v) is 9.46. The minimum atomic E-state index is -0.200. The van der Waals surface area contributed by atoms with Gasteiger partial charge in [-0.05, 0) is 36.7 Å². The zero-order valence-corrected chi connectivity index (χ0v) is 16.4. The molecule has 0 aliphatic carbocycles. The van der Waals surface area contributed by atoms with E-state index in [-0.39, 0.29) is 11.5 Å². The summed E-state index contributed by atoms with van der Waals surface area (Å²) in [6.07, 6.45) is 3.66. The predicted octanol–water partition coefficient (Wildman–Crippen LogP) is 3.95. The van der Waals surface area contributed by atoms with Crippen LogP contribution in [0.2, 0.25) is 5.02 Å². The van der Waals surface area contributed by atoms with Crippen LogP contribution in [0.3, 0.4) is 0 Å². The molecule has 29 heavy (non-hydrogen) atoms. The van der Waals surface area contributed by atoms with Gasteiger partial charge in [0.25, 0.3) is 0 Å². The van der Waals surface area contributed by atoms with Crippen molar-refractivity contribution in [2.24, 2.45) is 0 Å². The SMILES string of the molecule is N#Cc1cnc(NCNc2ccc(CCNCc3ccccc3F)c(Cl)c2)cn1. The lowest BCUT2D eigenvalue weighted by molar-refractivity contribution is 0.588. The Balaban J connectivity index is 1.43. The van der Waals surface area contributed by atoms with Crippen LogP contribution in [-0.4, -0.2) is 23.2 Å². The smallest absolute Gasteiger partial charge is 0.158 e. The maximum atomic E-state index is 13.6. The molecule has 3 aromatic rings. The molecule has 0 bridgehead atoms. The fourth-order valence-electron chi connectivity index (χ4n) is 2.66. The van der Waals surface area contributed by atoms with Crippen molar-refractivity contribution in [1.29, 1.82) is 5.26 Å². The lowest BCUT2D eigenvalue weighted by Gasteiger charge is -2.11. The molecule has 0 fully saturated rings. The van der Waals surface area contributed by atoms with E-state index in [1.807, 2.05) is 30.3 Å². The van der Waals surface area contributed by atoms with E-state index in [4.69, 9.17) is 16.9 Å². The second kappa shape index (κ2) is 10.4. The summed E-state index contributed by atoms with van der Waals surface area (Å²) in [5, 5.41) is 18.9. The van der Waals surface area contributed by atoms with Gasteiger partial charge >= 0.3 is 0 Å². The third kappa shape index (κ3) is 6.14. The normalized spacial score (nSPS) is 10.4. The van der Waals surface area contributed by atoms with Crippen molar-refractivity contribution in [2.45, 2.75) is 13.0 Å². The third-order valence-electron chi connectivity index (χ3n) is 4.23. The van der Waals surface area contributed by atoms with Crippen molar-refractivity contribution < 1.29 is 4.39 Å². The Morgan fingerprint density at radius 2 is 1.90 bits per heavy atom. The van der Waals surface area contributed by atoms with E-state index < -0.39 is 0 Å². The molecule has 0 aliphatic rings. The Labute approximate surface area is 173 Å². The van der Waals surface area contributed by atoms with E-state index in [1.165, 1.54) is 18.5 Å². The highest BCUT2D eigenvalue weighted by molar-refractivity contribution is 6.31. The van der Waals surface area contributed by atoms with Crippen molar-refractivity contribution in [1.82, 2.24) is 15.3 Å². The quantitative estimate of drug-likeness (QED) is 0.366. The maximum absolute atomic E-state index is 13.6. The number of nitrogens with zero attached hydrogens (tertiary/aromatic N) is 3. The summed E-state index contributed by atoms with van der Waals surface area (Å²) in [4.78, 5) is 8.04. The number of rotatable bonds is 9. The van der Waals surface area contributed by atoms with Gasteiger partial charge in [-0.1, -0.05) is 35.9 Å². The first kappa shape index (κ1) is 20.5. The number of benzene rings is 2. The first-order valence-electron chi connectivity index (χ1n) is 9.08. The van der Waals surface area contributed by atoms with E-state index in [1.54, 1.807) is 12.1 Å². The monoisotopic (exact) mass is 410 g/mol. The minimum Gasteiger partial charge on any atom is -0.368 e. The fraction of sp³-hybridized carbons (Fsp3) is 0.190. The highest BCUT2D eigenvalue weighted by Crippen LogP contribution is 2.21. The van der Waals surface area contributed by atoms with Gasteiger partial charge in [-0.3, -0.25) is 0 Å². The number of nitriles is 1. The summed E-state index contributed by atoms with van der Waals surface area (Å²) in [7, 11) is 0. The van der Waals surface area contributed by atoms with Crippen molar-refractivity contribution in [3.63, 3.8) is 0 Å². The van der Waals surface area contributed by atoms with Crippen LogP contribution in [0.4, 0.5) is 15.9 Å². The summed E-state index contributed by atoms with van der Waals surface area (Å²) in [5.41, 5.74) is 2.81. The highest BCUT2D eigenvalue weighted by atomic mass is 35.5. The zero-order valence-electron chi connectivity index (χ0n) is 15.6. The van der Waals surface area contributed by atoms with Crippen LogP contribution in [0.5, 0.6) is 0 Å². The molecule has 1 heterocycles. The van der Waals surface area contributed by atoms with Gasteiger partial charge in [0.05, 0.1) is 19.1 Å². The van der Waals surface area contributed by atoms with Crippen LogP contribution >= 0.6 is 11.6 Å². The van der Waals surface area contributed by atoms with E-state index >= 15 is 0 Å². The summed E-state index contributed by atoms with van der Waals surface area (Å²) < 4.78 is 13.6.